The number of ether oxygens (including phenoxy) is 1. The van der Waals surface area contributed by atoms with Crippen molar-refractivity contribution in [3.05, 3.63) is 21.0 Å². The topological polar surface area (TPSA) is 81.2 Å². The fourth-order valence-electron chi connectivity index (χ4n) is 3.48. The SMILES string of the molecule is COC(=O)c1c(NC(=O)C(C)Sc2nnc(C)s2)sc2c1CCC(C(C)(C)C)C2. The van der Waals surface area contributed by atoms with Gasteiger partial charge in [0.15, 0.2) is 4.34 Å². The molecule has 0 radical (unpaired) electrons. The van der Waals surface area contributed by atoms with E-state index < -0.39 is 0 Å². The lowest BCUT2D eigenvalue weighted by atomic mass is 9.72. The second-order valence-corrected chi connectivity index (χ2v) is 12.2. The maximum absolute atomic E-state index is 12.8. The fourth-order valence-corrected chi connectivity index (χ4v) is 6.75. The zero-order valence-electron chi connectivity index (χ0n) is 17.6. The number of rotatable bonds is 5. The summed E-state index contributed by atoms with van der Waals surface area (Å²) in [6, 6.07) is 0. The molecular formula is C20H27N3O3S3. The van der Waals surface area contributed by atoms with Crippen LogP contribution in [0.3, 0.4) is 0 Å². The molecule has 0 aromatic carbocycles. The lowest BCUT2D eigenvalue weighted by molar-refractivity contribution is -0.115. The van der Waals surface area contributed by atoms with Crippen molar-refractivity contribution >= 4 is 51.3 Å². The molecule has 2 aromatic rings. The maximum Gasteiger partial charge on any atom is 0.341 e. The number of amides is 1. The maximum atomic E-state index is 12.8. The van der Waals surface area contributed by atoms with E-state index in [0.29, 0.717) is 16.5 Å². The first-order valence-electron chi connectivity index (χ1n) is 9.60. The summed E-state index contributed by atoms with van der Waals surface area (Å²) in [6.07, 6.45) is 2.80. The highest BCUT2D eigenvalue weighted by Crippen LogP contribution is 2.44. The van der Waals surface area contributed by atoms with Gasteiger partial charge in [-0.25, -0.2) is 4.79 Å². The van der Waals surface area contributed by atoms with E-state index in [2.05, 4.69) is 36.3 Å². The lowest BCUT2D eigenvalue weighted by Crippen LogP contribution is -2.26. The van der Waals surface area contributed by atoms with Gasteiger partial charge >= 0.3 is 5.97 Å². The second-order valence-electron chi connectivity index (χ2n) is 8.34. The molecule has 158 valence electrons. The molecule has 2 aromatic heterocycles. The van der Waals surface area contributed by atoms with Crippen LogP contribution in [0.2, 0.25) is 0 Å². The number of aromatic nitrogens is 2. The molecule has 2 atom stereocenters. The highest BCUT2D eigenvalue weighted by molar-refractivity contribution is 8.02. The number of carbonyl (C=O) groups is 2. The van der Waals surface area contributed by atoms with Crippen LogP contribution < -0.4 is 5.32 Å². The van der Waals surface area contributed by atoms with E-state index in [1.807, 2.05) is 13.8 Å². The molecule has 1 aliphatic rings. The van der Waals surface area contributed by atoms with Gasteiger partial charge in [0.25, 0.3) is 0 Å². The van der Waals surface area contributed by atoms with E-state index >= 15 is 0 Å². The van der Waals surface area contributed by atoms with Crippen LogP contribution in [0.5, 0.6) is 0 Å². The zero-order chi connectivity index (χ0) is 21.3. The first kappa shape index (κ1) is 22.2. The summed E-state index contributed by atoms with van der Waals surface area (Å²) in [5, 5.41) is 12.2. The zero-order valence-corrected chi connectivity index (χ0v) is 20.1. The van der Waals surface area contributed by atoms with Crippen molar-refractivity contribution in [2.75, 3.05) is 12.4 Å². The summed E-state index contributed by atoms with van der Waals surface area (Å²) in [5.41, 5.74) is 1.77. The number of aryl methyl sites for hydroxylation is 1. The summed E-state index contributed by atoms with van der Waals surface area (Å²) in [4.78, 5) is 26.5. The minimum absolute atomic E-state index is 0.154. The number of thiophene rings is 1. The van der Waals surface area contributed by atoms with Crippen LogP contribution in [0.4, 0.5) is 5.00 Å². The van der Waals surface area contributed by atoms with Gasteiger partial charge in [0.05, 0.1) is 17.9 Å². The number of hydrogen-bond donors (Lipinski definition) is 1. The Morgan fingerprint density at radius 2 is 2.00 bits per heavy atom. The van der Waals surface area contributed by atoms with Crippen LogP contribution in [-0.4, -0.2) is 34.4 Å². The van der Waals surface area contributed by atoms with Crippen LogP contribution >= 0.6 is 34.4 Å². The van der Waals surface area contributed by atoms with E-state index in [-0.39, 0.29) is 22.5 Å². The number of thioether (sulfide) groups is 1. The molecule has 1 amide bonds. The summed E-state index contributed by atoms with van der Waals surface area (Å²) in [5.74, 6) is 0.0175. The van der Waals surface area contributed by atoms with Gasteiger partial charge in [0.2, 0.25) is 5.91 Å². The number of nitrogens with zero attached hydrogens (tertiary/aromatic N) is 2. The Hall–Kier alpha value is -1.45. The molecule has 1 N–H and O–H groups in total. The number of anilines is 1. The lowest BCUT2D eigenvalue weighted by Gasteiger charge is -2.33. The van der Waals surface area contributed by atoms with Crippen molar-refractivity contribution in [3.8, 4) is 0 Å². The molecule has 29 heavy (non-hydrogen) atoms. The standard InChI is InChI=1S/C20H27N3O3S3/c1-10(27-19-23-22-11(2)28-19)16(24)21-17-15(18(25)26-6)13-8-7-12(20(3,4)5)9-14(13)29-17/h10,12H,7-9H2,1-6H3,(H,21,24). The van der Waals surface area contributed by atoms with Gasteiger partial charge in [-0.05, 0) is 50.0 Å². The Morgan fingerprint density at radius 1 is 1.28 bits per heavy atom. The number of esters is 1. The second kappa shape index (κ2) is 8.73. The average Bonchev–Trinajstić information content (AvgIpc) is 3.22. The van der Waals surface area contributed by atoms with E-state index in [1.165, 1.54) is 46.4 Å². The van der Waals surface area contributed by atoms with Crippen LogP contribution in [-0.2, 0) is 22.4 Å². The minimum atomic E-state index is -0.382. The van der Waals surface area contributed by atoms with E-state index in [9.17, 15) is 9.59 Å². The quantitative estimate of drug-likeness (QED) is 0.509. The largest absolute Gasteiger partial charge is 0.465 e. The molecule has 3 rings (SSSR count). The first-order chi connectivity index (χ1) is 13.6. The third kappa shape index (κ3) is 5.00. The number of nitrogens with one attached hydrogen (secondary N) is 1. The molecule has 0 spiro atoms. The number of carbonyl (C=O) groups excluding carboxylic acids is 2. The van der Waals surface area contributed by atoms with Gasteiger partial charge < -0.3 is 10.1 Å². The Labute approximate surface area is 183 Å². The fraction of sp³-hybridized carbons (Fsp3) is 0.600. The van der Waals surface area contributed by atoms with Gasteiger partial charge in [-0.3, -0.25) is 4.79 Å². The monoisotopic (exact) mass is 453 g/mol. The van der Waals surface area contributed by atoms with E-state index in [4.69, 9.17) is 4.74 Å². The third-order valence-electron chi connectivity index (χ3n) is 5.27. The van der Waals surface area contributed by atoms with Crippen molar-refractivity contribution in [1.29, 1.82) is 0 Å². The number of methoxy groups -OCH3 is 1. The first-order valence-corrected chi connectivity index (χ1v) is 12.1. The van der Waals surface area contributed by atoms with E-state index in [1.54, 1.807) is 0 Å². The van der Waals surface area contributed by atoms with Crippen LogP contribution in [0, 0.1) is 18.3 Å². The Bertz CT molecular complexity index is 914. The van der Waals surface area contributed by atoms with Gasteiger partial charge in [0.1, 0.15) is 10.0 Å². The predicted octanol–water partition coefficient (Wildman–Crippen LogP) is 4.96. The van der Waals surface area contributed by atoms with Crippen molar-refractivity contribution in [3.63, 3.8) is 0 Å². The number of hydrogen-bond acceptors (Lipinski definition) is 8. The Kier molecular flexibility index (Phi) is 6.70. The Balaban J connectivity index is 1.82. The molecule has 9 heteroatoms. The highest BCUT2D eigenvalue weighted by atomic mass is 32.2. The number of fused-ring (bicyclic) bond motifs is 1. The highest BCUT2D eigenvalue weighted by Gasteiger charge is 2.34. The van der Waals surface area contributed by atoms with Gasteiger partial charge in [-0.2, -0.15) is 0 Å². The van der Waals surface area contributed by atoms with Crippen LogP contribution in [0.1, 0.15) is 59.9 Å². The minimum Gasteiger partial charge on any atom is -0.465 e. The molecule has 0 aliphatic heterocycles. The summed E-state index contributed by atoms with van der Waals surface area (Å²) in [7, 11) is 1.38. The molecule has 0 bridgehead atoms. The molecule has 2 heterocycles. The van der Waals surface area contributed by atoms with Crippen molar-refractivity contribution in [1.82, 2.24) is 10.2 Å². The molecule has 6 nitrogen and oxygen atoms in total. The average molecular weight is 454 g/mol. The van der Waals surface area contributed by atoms with Gasteiger partial charge in [-0.1, -0.05) is 43.9 Å². The van der Waals surface area contributed by atoms with Crippen molar-refractivity contribution in [2.24, 2.45) is 11.3 Å². The molecule has 0 fully saturated rings. The van der Waals surface area contributed by atoms with Crippen LogP contribution in [0.25, 0.3) is 0 Å². The van der Waals surface area contributed by atoms with Gasteiger partial charge in [-0.15, -0.1) is 21.5 Å². The molecule has 1 aliphatic carbocycles. The normalized spacial score (nSPS) is 17.5. The molecule has 2 unspecified atom stereocenters. The van der Waals surface area contributed by atoms with Crippen molar-refractivity contribution in [2.45, 2.75) is 63.5 Å². The molecule has 0 saturated heterocycles. The molecular weight excluding hydrogens is 426 g/mol. The summed E-state index contributed by atoms with van der Waals surface area (Å²) in [6.45, 7) is 10.5. The van der Waals surface area contributed by atoms with Gasteiger partial charge in [0, 0.05) is 4.88 Å². The predicted molar refractivity (Wildman–Crippen MR) is 119 cm³/mol. The smallest absolute Gasteiger partial charge is 0.341 e. The Morgan fingerprint density at radius 3 is 2.59 bits per heavy atom. The summed E-state index contributed by atoms with van der Waals surface area (Å²) < 4.78 is 5.79. The molecule has 0 saturated carbocycles. The van der Waals surface area contributed by atoms with Crippen molar-refractivity contribution < 1.29 is 14.3 Å². The van der Waals surface area contributed by atoms with Crippen LogP contribution in [0.15, 0.2) is 4.34 Å². The summed E-state index contributed by atoms with van der Waals surface area (Å²) >= 11 is 4.35. The third-order valence-corrected chi connectivity index (χ3v) is 8.46. The van der Waals surface area contributed by atoms with E-state index in [0.717, 1.165) is 34.2 Å².